The van der Waals surface area contributed by atoms with Gasteiger partial charge in [0, 0.05) is 0 Å². The molecular weight excluding hydrogens is 550 g/mol. The first-order valence-electron chi connectivity index (χ1n) is 9.37. The molecule has 1 aliphatic carbocycles. The number of halogens is 2. The van der Waals surface area contributed by atoms with Gasteiger partial charge < -0.3 is 24.8 Å². The van der Waals surface area contributed by atoms with E-state index in [2.05, 4.69) is 110 Å². The molecule has 0 nitrogen and oxygen atoms in total. The summed E-state index contributed by atoms with van der Waals surface area (Å²) >= 11 is 1.27. The Morgan fingerprint density at radius 1 is 0.964 bits per heavy atom. The van der Waals surface area contributed by atoms with Crippen LogP contribution >= 0.6 is 0 Å². The summed E-state index contributed by atoms with van der Waals surface area (Å²) in [5, 5.41) is 2.75. The third-order valence-electron chi connectivity index (χ3n) is 4.05. The zero-order valence-corrected chi connectivity index (χ0v) is 23.7. The minimum absolute atomic E-state index is 0. The summed E-state index contributed by atoms with van der Waals surface area (Å²) in [4.78, 5) is 0. The Kier molecular flexibility index (Phi) is 13.9. The Balaban J connectivity index is 0. The van der Waals surface area contributed by atoms with Crippen LogP contribution in [0.3, 0.4) is 0 Å². The summed E-state index contributed by atoms with van der Waals surface area (Å²) in [6.45, 7) is 17.7. The van der Waals surface area contributed by atoms with Crippen LogP contribution in [-0.4, -0.2) is 3.26 Å². The van der Waals surface area contributed by atoms with Gasteiger partial charge in [0.15, 0.2) is 0 Å². The van der Waals surface area contributed by atoms with E-state index in [1.807, 2.05) is 0 Å². The number of benzene rings is 1. The summed E-state index contributed by atoms with van der Waals surface area (Å²) in [6.07, 6.45) is 8.50. The van der Waals surface area contributed by atoms with Crippen LogP contribution in [-0.2, 0) is 29.3 Å². The van der Waals surface area contributed by atoms with Crippen LogP contribution in [0, 0.1) is 11.5 Å². The third-order valence-corrected chi connectivity index (χ3v) is 4.05. The molecular formula is C25H34Cl2Hf-2. The van der Waals surface area contributed by atoms with Crippen LogP contribution in [0.5, 0.6) is 0 Å². The van der Waals surface area contributed by atoms with E-state index in [4.69, 9.17) is 0 Å². The van der Waals surface area contributed by atoms with E-state index in [1.54, 1.807) is 3.26 Å². The van der Waals surface area contributed by atoms with E-state index < -0.39 is 0 Å². The maximum absolute atomic E-state index is 3.16. The van der Waals surface area contributed by atoms with Crippen LogP contribution in [0.1, 0.15) is 67.4 Å². The molecule has 0 radical (unpaired) electrons. The van der Waals surface area contributed by atoms with Gasteiger partial charge in [-0.1, -0.05) is 58.4 Å². The SMILES string of the molecule is CC(C)(C)C1=CC[C-]=C1.CC(C)(C)c1c[cH-]c2ccccc12.C[C](C)=[Hf+2].[Cl-].[Cl-]. The van der Waals surface area contributed by atoms with Crippen LogP contribution in [0.25, 0.3) is 10.8 Å². The maximum Gasteiger partial charge on any atom is -1.00 e. The van der Waals surface area contributed by atoms with Gasteiger partial charge in [-0.15, -0.1) is 53.1 Å². The second-order valence-electron chi connectivity index (χ2n) is 9.05. The van der Waals surface area contributed by atoms with Crippen molar-refractivity contribution in [2.45, 2.75) is 67.2 Å². The van der Waals surface area contributed by atoms with Crippen molar-refractivity contribution in [3.8, 4) is 0 Å². The molecule has 0 saturated heterocycles. The number of hydrogen-bond acceptors (Lipinski definition) is 0. The number of hydrogen-bond donors (Lipinski definition) is 0. The first kappa shape index (κ1) is 29.8. The summed E-state index contributed by atoms with van der Waals surface area (Å²) in [6, 6.07) is 13.0. The van der Waals surface area contributed by atoms with Crippen molar-refractivity contribution >= 4 is 14.0 Å². The van der Waals surface area contributed by atoms with E-state index in [-0.39, 0.29) is 30.2 Å². The second-order valence-corrected chi connectivity index (χ2v) is 12.6. The van der Waals surface area contributed by atoms with Gasteiger partial charge >= 0.3 is 41.0 Å². The average molecular weight is 584 g/mol. The van der Waals surface area contributed by atoms with Crippen LogP contribution in [0.2, 0.25) is 0 Å². The van der Waals surface area contributed by atoms with Crippen molar-refractivity contribution in [2.75, 3.05) is 0 Å². The van der Waals surface area contributed by atoms with Crippen molar-refractivity contribution in [3.63, 3.8) is 0 Å². The van der Waals surface area contributed by atoms with Crippen LogP contribution in [0.15, 0.2) is 54.1 Å². The fourth-order valence-electron chi connectivity index (χ4n) is 2.72. The van der Waals surface area contributed by atoms with Crippen molar-refractivity contribution in [2.24, 2.45) is 5.41 Å². The zero-order chi connectivity index (χ0) is 20.0. The molecule has 0 heterocycles. The minimum Gasteiger partial charge on any atom is -1.00 e. The molecule has 0 saturated carbocycles. The summed E-state index contributed by atoms with van der Waals surface area (Å²) in [7, 11) is 0. The van der Waals surface area contributed by atoms with Gasteiger partial charge in [0.25, 0.3) is 0 Å². The predicted molar refractivity (Wildman–Crippen MR) is 115 cm³/mol. The molecule has 0 aliphatic heterocycles. The molecule has 0 amide bonds. The number of allylic oxidation sites excluding steroid dienone is 4. The summed E-state index contributed by atoms with van der Waals surface area (Å²) in [5.41, 5.74) is 3.44. The largest absolute Gasteiger partial charge is 1.00 e. The van der Waals surface area contributed by atoms with Crippen molar-refractivity contribution in [1.29, 1.82) is 0 Å². The Hall–Kier alpha value is -0.370. The summed E-state index contributed by atoms with van der Waals surface area (Å²) < 4.78 is 1.56. The molecule has 3 heteroatoms. The van der Waals surface area contributed by atoms with Gasteiger partial charge in [-0.25, -0.2) is 6.08 Å². The summed E-state index contributed by atoms with van der Waals surface area (Å²) in [5.74, 6) is 0. The topological polar surface area (TPSA) is 0 Å². The first-order chi connectivity index (χ1) is 11.9. The van der Waals surface area contributed by atoms with Gasteiger partial charge in [0.2, 0.25) is 0 Å². The first-order valence-corrected chi connectivity index (χ1v) is 11.2. The Labute approximate surface area is 200 Å². The molecule has 2 aromatic rings. The van der Waals surface area contributed by atoms with E-state index in [0.29, 0.717) is 5.41 Å². The van der Waals surface area contributed by atoms with Gasteiger partial charge in [0.1, 0.15) is 0 Å². The standard InChI is InChI=1S/C13H15.C9H13.C3H6.2ClH.Hf/c1-13(2,3)12-9-8-10-6-4-5-7-11(10)12;1-9(2,3)8-6-4-5-7-8;1-3-2;;;/h4-9H,1-3H3;6-7H,4H2,1-3H3;1-2H3;2*1H;/q2*-1;;;;+2/p-2. The predicted octanol–water partition coefficient (Wildman–Crippen LogP) is 1.33. The quantitative estimate of drug-likeness (QED) is 0.325. The van der Waals surface area contributed by atoms with Gasteiger partial charge in [-0.05, 0) is 0 Å². The maximum atomic E-state index is 3.16. The Bertz CT molecular complexity index is 777. The molecule has 2 aromatic carbocycles. The third kappa shape index (κ3) is 10.4. The molecule has 28 heavy (non-hydrogen) atoms. The number of rotatable bonds is 0. The second kappa shape index (κ2) is 13.0. The van der Waals surface area contributed by atoms with Crippen molar-refractivity contribution in [1.82, 2.24) is 0 Å². The molecule has 1 aliphatic rings. The van der Waals surface area contributed by atoms with Crippen LogP contribution < -0.4 is 24.8 Å². The zero-order valence-electron chi connectivity index (χ0n) is 18.6. The molecule has 0 unspecified atom stereocenters. The fraction of sp³-hybridized carbons (Fsp3) is 0.440. The van der Waals surface area contributed by atoms with Gasteiger partial charge in [0.05, 0.1) is 0 Å². The molecule has 0 fully saturated rings. The van der Waals surface area contributed by atoms with E-state index in [0.717, 1.165) is 6.42 Å². The molecule has 0 atom stereocenters. The molecule has 0 spiro atoms. The Morgan fingerprint density at radius 3 is 1.89 bits per heavy atom. The molecule has 154 valence electrons. The minimum atomic E-state index is 0. The average Bonchev–Trinajstić information content (AvgIpc) is 3.16. The normalized spacial score (nSPS) is 12.6. The van der Waals surface area contributed by atoms with Crippen molar-refractivity contribution in [3.05, 3.63) is 65.8 Å². The van der Waals surface area contributed by atoms with Gasteiger partial charge in [-0.3, -0.25) is 6.08 Å². The van der Waals surface area contributed by atoms with Gasteiger partial charge in [-0.2, -0.15) is 11.6 Å². The molecule has 0 aromatic heterocycles. The smallest absolute Gasteiger partial charge is 1.00 e. The van der Waals surface area contributed by atoms with E-state index in [9.17, 15) is 0 Å². The van der Waals surface area contributed by atoms with E-state index in [1.165, 1.54) is 45.8 Å². The monoisotopic (exact) mass is 584 g/mol. The van der Waals surface area contributed by atoms with Crippen LogP contribution in [0.4, 0.5) is 0 Å². The number of fused-ring (bicyclic) bond motifs is 1. The van der Waals surface area contributed by atoms with Crippen molar-refractivity contribution < 1.29 is 48.7 Å². The van der Waals surface area contributed by atoms with E-state index >= 15 is 0 Å². The Morgan fingerprint density at radius 2 is 1.50 bits per heavy atom. The molecule has 0 bridgehead atoms. The fourth-order valence-corrected chi connectivity index (χ4v) is 2.72. The molecule has 3 rings (SSSR count). The molecule has 0 N–H and O–H groups in total.